The minimum Gasteiger partial charge on any atom is -0.379 e. The van der Waals surface area contributed by atoms with Crippen molar-refractivity contribution in [2.45, 2.75) is 162 Å². The van der Waals surface area contributed by atoms with E-state index >= 15 is 0 Å². The average Bonchev–Trinajstić information content (AvgIpc) is 4.12. The van der Waals surface area contributed by atoms with E-state index in [4.69, 9.17) is 15.2 Å². The molecule has 0 saturated carbocycles. The zero-order chi connectivity index (χ0) is 57.3. The summed E-state index contributed by atoms with van der Waals surface area (Å²) in [5.74, 6) is -4.70. The van der Waals surface area contributed by atoms with Gasteiger partial charge in [-0.25, -0.2) is 0 Å². The average molecular weight is 1080 g/mol. The molecule has 1 aromatic heterocycles. The summed E-state index contributed by atoms with van der Waals surface area (Å²) >= 11 is 0. The number of primary amides is 1. The minimum absolute atomic E-state index is 0.0678. The maximum Gasteiger partial charge on any atom is 0.253 e. The summed E-state index contributed by atoms with van der Waals surface area (Å²) in [4.78, 5) is 129. The van der Waals surface area contributed by atoms with Crippen LogP contribution in [0.2, 0.25) is 0 Å². The van der Waals surface area contributed by atoms with Crippen LogP contribution in [0.25, 0.3) is 10.9 Å². The number of imide groups is 1. The Balaban J connectivity index is 1.34. The lowest BCUT2D eigenvalue weighted by molar-refractivity contribution is -0.148. The number of carbonyl (C=O) groups excluding carboxylic acids is 9. The number of nitrogens with zero attached hydrogens (tertiary/aromatic N) is 5. The lowest BCUT2D eigenvalue weighted by atomic mass is 9.89. The van der Waals surface area contributed by atoms with Gasteiger partial charge in [0.05, 0.1) is 42.7 Å². The minimum atomic E-state index is -0.986. The van der Waals surface area contributed by atoms with Gasteiger partial charge in [-0.05, 0) is 75.1 Å². The molecule has 2 aliphatic rings. The lowest BCUT2D eigenvalue weighted by Gasteiger charge is -2.41. The Kier molecular flexibility index (Phi) is 24.8. The third kappa shape index (κ3) is 17.2. The van der Waals surface area contributed by atoms with Gasteiger partial charge in [0.1, 0.15) is 12.1 Å². The Morgan fingerprint density at radius 1 is 0.844 bits per heavy atom. The molecule has 21 nitrogen and oxygen atoms in total. The van der Waals surface area contributed by atoms with E-state index in [0.29, 0.717) is 58.0 Å². The normalized spacial score (nSPS) is 17.8. The molecule has 2 aromatic rings. The number of likely N-dealkylation sites (N-methyl/N-ethyl adjacent to an activating group) is 2. The van der Waals surface area contributed by atoms with Crippen LogP contribution in [0.5, 0.6) is 0 Å². The summed E-state index contributed by atoms with van der Waals surface area (Å²) in [6.45, 7) is 14.4. The van der Waals surface area contributed by atoms with Crippen LogP contribution in [-0.2, 0) is 59.0 Å². The third-order valence-electron chi connectivity index (χ3n) is 15.4. The zero-order valence-electron chi connectivity index (χ0n) is 47.6. The van der Waals surface area contributed by atoms with Crippen LogP contribution >= 0.6 is 0 Å². The first-order valence-electron chi connectivity index (χ1n) is 27.3. The first-order valence-corrected chi connectivity index (χ1v) is 27.3. The van der Waals surface area contributed by atoms with E-state index in [1.807, 2.05) is 70.7 Å². The number of hydrazine groups is 1. The number of aromatic amines is 1. The molecule has 21 heteroatoms. The van der Waals surface area contributed by atoms with E-state index in [0.717, 1.165) is 26.4 Å². The molecule has 2 aliphatic heterocycles. The highest BCUT2D eigenvalue weighted by Gasteiger charge is 2.44. The quantitative estimate of drug-likeness (QED) is 0.0413. The summed E-state index contributed by atoms with van der Waals surface area (Å²) in [6.07, 6.45) is 7.23. The van der Waals surface area contributed by atoms with Gasteiger partial charge in [0.2, 0.25) is 41.4 Å². The standard InChI is InChI=1S/C56H88N10O11/c1-13-36(6)51(43(76-11)32-48(71)65-30-19-23-42(65)52(77-12)37(7)54(73)59-41(53(57)72)31-38-33-58-40-22-17-16-21-39(38)40)63(9)56(75)49(34(2)3)60-55(74)50(35(4)5)62(8)28-20-25-45(68)64(10)61-44(67)24-15-14-18-29-66-46(69)26-27-47(66)70/h16-17,21-22,26-27,33-37,41-43,49-52,58H,13-15,18-20,23-25,28-32H2,1-12H3,(H2,57,72)(H,59,73)(H,60,74)(H,61,67)/t36?,37?,41?,42-,43?,49?,50?,51?,52?/m0/s1. The molecule has 77 heavy (non-hydrogen) atoms. The zero-order valence-corrected chi connectivity index (χ0v) is 47.6. The van der Waals surface area contributed by atoms with Crippen molar-refractivity contribution in [3.8, 4) is 0 Å². The molecule has 6 N–H and O–H groups in total. The van der Waals surface area contributed by atoms with E-state index in [2.05, 4.69) is 21.0 Å². The molecule has 1 aromatic carbocycles. The van der Waals surface area contributed by atoms with E-state index in [9.17, 15) is 43.2 Å². The Bertz CT molecular complexity index is 2370. The Morgan fingerprint density at radius 3 is 2.13 bits per heavy atom. The summed E-state index contributed by atoms with van der Waals surface area (Å²) in [5, 5.41) is 7.99. The Hall–Kier alpha value is -6.19. The summed E-state index contributed by atoms with van der Waals surface area (Å²) in [5.41, 5.74) is 10.1. The van der Waals surface area contributed by atoms with Crippen molar-refractivity contribution < 1.29 is 52.6 Å². The number of carbonyl (C=O) groups is 9. The molecule has 0 bridgehead atoms. The molecule has 0 radical (unpaired) electrons. The Morgan fingerprint density at radius 2 is 1.52 bits per heavy atom. The third-order valence-corrected chi connectivity index (χ3v) is 15.4. The monoisotopic (exact) mass is 1080 g/mol. The number of likely N-dealkylation sites (tertiary alicyclic amines) is 1. The van der Waals surface area contributed by atoms with Crippen LogP contribution in [0, 0.1) is 23.7 Å². The molecule has 9 amide bonds. The molecule has 1 fully saturated rings. The van der Waals surface area contributed by atoms with E-state index in [-0.39, 0.29) is 91.3 Å². The highest BCUT2D eigenvalue weighted by Crippen LogP contribution is 2.30. The van der Waals surface area contributed by atoms with Crippen LogP contribution in [0.15, 0.2) is 42.6 Å². The maximum absolute atomic E-state index is 14.7. The van der Waals surface area contributed by atoms with Gasteiger partial charge in [0.15, 0.2) is 0 Å². The molecular formula is C56H88N10O11. The van der Waals surface area contributed by atoms with E-state index in [1.165, 1.54) is 33.4 Å². The van der Waals surface area contributed by atoms with Crippen molar-refractivity contribution in [1.82, 2.24) is 45.7 Å². The molecule has 0 aliphatic carbocycles. The van der Waals surface area contributed by atoms with Crippen molar-refractivity contribution in [3.05, 3.63) is 48.2 Å². The Labute approximate surface area is 455 Å². The number of rotatable bonds is 31. The van der Waals surface area contributed by atoms with Gasteiger partial charge >= 0.3 is 0 Å². The van der Waals surface area contributed by atoms with Gasteiger partial charge in [-0.2, -0.15) is 0 Å². The van der Waals surface area contributed by atoms with Gasteiger partial charge in [-0.3, -0.25) is 63.4 Å². The number of nitrogens with two attached hydrogens (primary N) is 1. The highest BCUT2D eigenvalue weighted by molar-refractivity contribution is 6.12. The molecule has 9 atom stereocenters. The number of H-pyrrole nitrogens is 1. The summed E-state index contributed by atoms with van der Waals surface area (Å²) in [7, 11) is 7.98. The van der Waals surface area contributed by atoms with Crippen LogP contribution in [-0.4, -0.2) is 180 Å². The number of ether oxygens (including phenoxy) is 2. The molecule has 1 saturated heterocycles. The fourth-order valence-electron chi connectivity index (χ4n) is 10.8. The molecule has 428 valence electrons. The number of nitrogens with one attached hydrogen (secondary N) is 4. The largest absolute Gasteiger partial charge is 0.379 e. The number of para-hydroxylation sites is 1. The van der Waals surface area contributed by atoms with Gasteiger partial charge < -0.3 is 40.6 Å². The second-order valence-electron chi connectivity index (χ2n) is 21.6. The first kappa shape index (κ1) is 63.3. The van der Waals surface area contributed by atoms with Crippen LogP contribution in [0.3, 0.4) is 0 Å². The number of hydrogen-bond donors (Lipinski definition) is 5. The van der Waals surface area contributed by atoms with E-state index < -0.39 is 60.1 Å². The van der Waals surface area contributed by atoms with Crippen molar-refractivity contribution in [2.75, 3.05) is 55.0 Å². The second kappa shape index (κ2) is 30.1. The number of methoxy groups -OCH3 is 2. The maximum atomic E-state index is 14.7. The lowest BCUT2D eigenvalue weighted by Crippen LogP contribution is -2.60. The number of benzene rings is 1. The fourth-order valence-corrected chi connectivity index (χ4v) is 10.8. The van der Waals surface area contributed by atoms with Crippen molar-refractivity contribution in [1.29, 1.82) is 0 Å². The molecular weight excluding hydrogens is 989 g/mol. The predicted octanol–water partition coefficient (Wildman–Crippen LogP) is 3.45. The predicted molar refractivity (Wildman–Crippen MR) is 292 cm³/mol. The first-order chi connectivity index (χ1) is 36.5. The van der Waals surface area contributed by atoms with Gasteiger partial charge in [0.25, 0.3) is 11.8 Å². The molecule has 3 heterocycles. The van der Waals surface area contributed by atoms with Crippen molar-refractivity contribution >= 4 is 64.1 Å². The molecule has 8 unspecified atom stereocenters. The van der Waals surface area contributed by atoms with Crippen LogP contribution < -0.4 is 21.8 Å². The number of unbranched alkanes of at least 4 members (excludes halogenated alkanes) is 2. The van der Waals surface area contributed by atoms with Crippen molar-refractivity contribution in [2.24, 2.45) is 29.4 Å². The fraction of sp³-hybridized carbons (Fsp3) is 0.661. The second-order valence-corrected chi connectivity index (χ2v) is 21.6. The number of aromatic nitrogens is 1. The van der Waals surface area contributed by atoms with Gasteiger partial charge in [-0.1, -0.05) is 79.5 Å². The summed E-state index contributed by atoms with van der Waals surface area (Å²) < 4.78 is 12.1. The number of hydrogen-bond acceptors (Lipinski definition) is 12. The van der Waals surface area contributed by atoms with Crippen molar-refractivity contribution in [3.63, 3.8) is 0 Å². The number of fused-ring (bicyclic) bond motifs is 1. The van der Waals surface area contributed by atoms with Gasteiger partial charge in [-0.15, -0.1) is 0 Å². The molecule has 4 rings (SSSR count). The molecule has 0 spiro atoms. The number of amides is 9. The highest BCUT2D eigenvalue weighted by atomic mass is 16.5. The topological polar surface area (TPSA) is 266 Å². The van der Waals surface area contributed by atoms with E-state index in [1.54, 1.807) is 37.0 Å². The van der Waals surface area contributed by atoms with Crippen LogP contribution in [0.4, 0.5) is 0 Å². The SMILES string of the molecule is CCC(C)C(C(CC(=O)N1CCC[C@H]1C(OC)C(C)C(=O)NC(Cc1c[nH]c2ccccc12)C(N)=O)OC)N(C)C(=O)C(NC(=O)C(C(C)C)N(C)CCCC(=O)N(C)NC(=O)CCCCCN1C(=O)C=CC1=O)C(C)C. The smallest absolute Gasteiger partial charge is 0.253 e. The van der Waals surface area contributed by atoms with Gasteiger partial charge in [0, 0.05) is 89.9 Å². The van der Waals surface area contributed by atoms with Crippen LogP contribution in [0.1, 0.15) is 118 Å². The summed E-state index contributed by atoms with van der Waals surface area (Å²) in [6, 6.07) is 4.06.